The van der Waals surface area contributed by atoms with E-state index in [0.29, 0.717) is 0 Å². The van der Waals surface area contributed by atoms with Crippen molar-refractivity contribution in [3.05, 3.63) is 57.8 Å². The molecule has 1 atom stereocenters. The van der Waals surface area contributed by atoms with Gasteiger partial charge in [-0.2, -0.15) is 0 Å². The number of halogens is 2. The molecule has 0 aliphatic heterocycles. The Labute approximate surface area is 117 Å². The largest absolute Gasteiger partial charge is 0.309 e. The van der Waals surface area contributed by atoms with Crippen LogP contribution in [0.25, 0.3) is 9.40 Å². The van der Waals surface area contributed by atoms with Crippen LogP contribution in [0, 0.1) is 11.6 Å². The molecular formula is C14H11F2NS2. The lowest BCUT2D eigenvalue weighted by molar-refractivity contribution is 0.505. The minimum absolute atomic E-state index is 0.111. The summed E-state index contributed by atoms with van der Waals surface area (Å²) in [5, 5.41) is 5.21. The highest BCUT2D eigenvalue weighted by molar-refractivity contribution is 7.27. The van der Waals surface area contributed by atoms with E-state index in [2.05, 4.69) is 22.8 Å². The summed E-state index contributed by atoms with van der Waals surface area (Å²) in [5.41, 5.74) is 0.732. The Morgan fingerprint density at radius 3 is 2.58 bits per heavy atom. The van der Waals surface area contributed by atoms with Gasteiger partial charge in [0.2, 0.25) is 0 Å². The fourth-order valence-electron chi connectivity index (χ4n) is 2.09. The minimum Gasteiger partial charge on any atom is -0.309 e. The van der Waals surface area contributed by atoms with Gasteiger partial charge in [-0.05, 0) is 42.3 Å². The second-order valence-electron chi connectivity index (χ2n) is 4.19. The number of benzene rings is 1. The van der Waals surface area contributed by atoms with Gasteiger partial charge in [0.25, 0.3) is 0 Å². The lowest BCUT2D eigenvalue weighted by atomic mass is 10.1. The van der Waals surface area contributed by atoms with E-state index in [4.69, 9.17) is 0 Å². The highest BCUT2D eigenvalue weighted by Crippen LogP contribution is 2.35. The topological polar surface area (TPSA) is 12.0 Å². The number of thiophene rings is 2. The van der Waals surface area contributed by atoms with E-state index in [0.717, 1.165) is 10.4 Å². The van der Waals surface area contributed by atoms with Gasteiger partial charge < -0.3 is 5.32 Å². The second-order valence-corrected chi connectivity index (χ2v) is 6.26. The summed E-state index contributed by atoms with van der Waals surface area (Å²) in [5.74, 6) is -1.62. The first-order valence-electron chi connectivity index (χ1n) is 5.78. The molecule has 0 aliphatic rings. The molecule has 0 radical (unpaired) electrons. The first-order valence-corrected chi connectivity index (χ1v) is 7.48. The number of fused-ring (bicyclic) bond motifs is 1. The summed E-state index contributed by atoms with van der Waals surface area (Å²) < 4.78 is 28.8. The maximum absolute atomic E-state index is 13.3. The molecule has 1 N–H and O–H groups in total. The molecule has 1 nitrogen and oxygen atoms in total. The van der Waals surface area contributed by atoms with Gasteiger partial charge in [-0.25, -0.2) is 8.78 Å². The maximum Gasteiger partial charge on any atom is 0.159 e. The Morgan fingerprint density at radius 1 is 1.05 bits per heavy atom. The summed E-state index contributed by atoms with van der Waals surface area (Å²) in [7, 11) is 1.82. The Balaban J connectivity index is 2.03. The molecule has 0 aliphatic carbocycles. The van der Waals surface area contributed by atoms with Gasteiger partial charge in [0.1, 0.15) is 0 Å². The quantitative estimate of drug-likeness (QED) is 0.747. The van der Waals surface area contributed by atoms with E-state index in [1.165, 1.54) is 21.5 Å². The van der Waals surface area contributed by atoms with Gasteiger partial charge >= 0.3 is 0 Å². The summed E-state index contributed by atoms with van der Waals surface area (Å²) >= 11 is 3.36. The highest BCUT2D eigenvalue weighted by Gasteiger charge is 2.17. The fraction of sp³-hybridized carbons (Fsp3) is 0.143. The molecule has 1 aromatic carbocycles. The van der Waals surface area contributed by atoms with Gasteiger partial charge in [-0.1, -0.05) is 6.07 Å². The Kier molecular flexibility index (Phi) is 3.35. The standard InChI is InChI=1S/C14H11F2NS2/c1-17-14(8-2-3-9(15)10(16)6-8)13-7-12-11(19-13)4-5-18-12/h2-7,14,17H,1H3. The van der Waals surface area contributed by atoms with E-state index < -0.39 is 11.6 Å². The first-order chi connectivity index (χ1) is 9.19. The number of hydrogen-bond donors (Lipinski definition) is 1. The molecule has 2 aromatic heterocycles. The van der Waals surface area contributed by atoms with Crippen LogP contribution in [0.3, 0.4) is 0 Å². The van der Waals surface area contributed by atoms with Crippen molar-refractivity contribution in [2.24, 2.45) is 0 Å². The predicted octanol–water partition coefficient (Wildman–Crippen LogP) is 4.55. The van der Waals surface area contributed by atoms with Gasteiger partial charge in [-0.3, -0.25) is 0 Å². The van der Waals surface area contributed by atoms with Gasteiger partial charge in [0.15, 0.2) is 11.6 Å². The van der Waals surface area contributed by atoms with E-state index in [9.17, 15) is 8.78 Å². The average molecular weight is 295 g/mol. The van der Waals surface area contributed by atoms with E-state index in [1.807, 2.05) is 7.05 Å². The van der Waals surface area contributed by atoms with Crippen molar-refractivity contribution in [3.8, 4) is 0 Å². The third-order valence-corrected chi connectivity index (χ3v) is 5.17. The molecular weight excluding hydrogens is 284 g/mol. The van der Waals surface area contributed by atoms with Crippen molar-refractivity contribution < 1.29 is 8.78 Å². The van der Waals surface area contributed by atoms with Crippen molar-refractivity contribution in [2.75, 3.05) is 7.05 Å². The fourth-order valence-corrected chi connectivity index (χ4v) is 4.35. The van der Waals surface area contributed by atoms with Crippen molar-refractivity contribution in [2.45, 2.75) is 6.04 Å². The normalized spacial score (nSPS) is 13.0. The van der Waals surface area contributed by atoms with Crippen LogP contribution in [0.2, 0.25) is 0 Å². The van der Waals surface area contributed by atoms with E-state index >= 15 is 0 Å². The van der Waals surface area contributed by atoms with Gasteiger partial charge in [0.05, 0.1) is 6.04 Å². The van der Waals surface area contributed by atoms with Crippen LogP contribution in [-0.2, 0) is 0 Å². The minimum atomic E-state index is -0.814. The molecule has 19 heavy (non-hydrogen) atoms. The molecule has 0 amide bonds. The molecule has 3 aromatic rings. The van der Waals surface area contributed by atoms with Crippen molar-refractivity contribution >= 4 is 32.1 Å². The van der Waals surface area contributed by atoms with Crippen LogP contribution in [0.1, 0.15) is 16.5 Å². The molecule has 0 saturated heterocycles. The zero-order valence-electron chi connectivity index (χ0n) is 10.1. The van der Waals surface area contributed by atoms with Crippen LogP contribution in [0.4, 0.5) is 8.78 Å². The molecule has 5 heteroatoms. The second kappa shape index (κ2) is 5.00. The van der Waals surface area contributed by atoms with Crippen molar-refractivity contribution in [1.29, 1.82) is 0 Å². The summed E-state index contributed by atoms with van der Waals surface area (Å²) in [6.45, 7) is 0. The van der Waals surface area contributed by atoms with Crippen LogP contribution >= 0.6 is 22.7 Å². The highest BCUT2D eigenvalue weighted by atomic mass is 32.1. The third kappa shape index (κ3) is 2.29. The lowest BCUT2D eigenvalue weighted by Crippen LogP contribution is -2.16. The van der Waals surface area contributed by atoms with Gasteiger partial charge in [-0.15, -0.1) is 22.7 Å². The van der Waals surface area contributed by atoms with Crippen LogP contribution in [-0.4, -0.2) is 7.05 Å². The molecule has 2 heterocycles. The Hall–Kier alpha value is -1.30. The van der Waals surface area contributed by atoms with E-state index in [-0.39, 0.29) is 6.04 Å². The predicted molar refractivity (Wildman–Crippen MR) is 77.0 cm³/mol. The zero-order chi connectivity index (χ0) is 13.4. The maximum atomic E-state index is 13.3. The Morgan fingerprint density at radius 2 is 1.89 bits per heavy atom. The molecule has 3 rings (SSSR count). The zero-order valence-corrected chi connectivity index (χ0v) is 11.7. The third-order valence-electron chi connectivity index (χ3n) is 3.01. The van der Waals surface area contributed by atoms with E-state index in [1.54, 1.807) is 28.7 Å². The number of rotatable bonds is 3. The SMILES string of the molecule is CNC(c1ccc(F)c(F)c1)c1cc2sccc2s1. The number of nitrogens with one attached hydrogen (secondary N) is 1. The van der Waals surface area contributed by atoms with Crippen LogP contribution < -0.4 is 5.32 Å². The molecule has 98 valence electrons. The molecule has 0 spiro atoms. The van der Waals surface area contributed by atoms with Crippen LogP contribution in [0.5, 0.6) is 0 Å². The lowest BCUT2D eigenvalue weighted by Gasteiger charge is -2.15. The average Bonchev–Trinajstić information content (AvgIpc) is 2.95. The Bertz CT molecular complexity index is 689. The molecule has 0 bridgehead atoms. The summed E-state index contributed by atoms with van der Waals surface area (Å²) in [6.07, 6.45) is 0. The monoisotopic (exact) mass is 295 g/mol. The molecule has 0 fully saturated rings. The summed E-state index contributed by atoms with van der Waals surface area (Å²) in [6, 6.07) is 8.11. The van der Waals surface area contributed by atoms with Crippen molar-refractivity contribution in [1.82, 2.24) is 5.32 Å². The molecule has 0 saturated carbocycles. The van der Waals surface area contributed by atoms with Crippen LogP contribution in [0.15, 0.2) is 35.7 Å². The van der Waals surface area contributed by atoms with Crippen molar-refractivity contribution in [3.63, 3.8) is 0 Å². The number of hydrogen-bond acceptors (Lipinski definition) is 3. The van der Waals surface area contributed by atoms with Gasteiger partial charge in [0, 0.05) is 14.3 Å². The summed E-state index contributed by atoms with van der Waals surface area (Å²) in [4.78, 5) is 1.11. The smallest absolute Gasteiger partial charge is 0.159 e. The molecule has 1 unspecified atom stereocenters. The first kappa shape index (κ1) is 12.7.